The molecule has 4 rings (SSSR count). The number of H-pyrrole nitrogens is 1. The van der Waals surface area contributed by atoms with Crippen molar-refractivity contribution in [2.75, 3.05) is 42.8 Å². The van der Waals surface area contributed by atoms with Crippen LogP contribution in [0.15, 0.2) is 36.4 Å². The highest BCUT2D eigenvalue weighted by Gasteiger charge is 2.16. The van der Waals surface area contributed by atoms with E-state index in [2.05, 4.69) is 37.9 Å². The highest BCUT2D eigenvalue weighted by Crippen LogP contribution is 2.26. The molecule has 1 saturated heterocycles. The van der Waals surface area contributed by atoms with Crippen molar-refractivity contribution in [2.24, 2.45) is 0 Å². The lowest BCUT2D eigenvalue weighted by atomic mass is 10.1. The van der Waals surface area contributed by atoms with Crippen LogP contribution in [0.25, 0.3) is 11.4 Å². The van der Waals surface area contributed by atoms with Gasteiger partial charge < -0.3 is 20.3 Å². The van der Waals surface area contributed by atoms with Gasteiger partial charge in [-0.05, 0) is 31.9 Å². The van der Waals surface area contributed by atoms with Gasteiger partial charge in [0.05, 0.1) is 0 Å². The first-order chi connectivity index (χ1) is 14.1. The first-order valence-electron chi connectivity index (χ1n) is 9.87. The fraction of sp³-hybridized carbons (Fsp3) is 0.381. The molecule has 0 radical (unpaired) electrons. The van der Waals surface area contributed by atoms with Crippen molar-refractivity contribution < 1.29 is 4.74 Å². The van der Waals surface area contributed by atoms with Gasteiger partial charge in [0.15, 0.2) is 11.6 Å². The van der Waals surface area contributed by atoms with E-state index in [-0.39, 0.29) is 0 Å². The van der Waals surface area contributed by atoms with Crippen LogP contribution in [0.2, 0.25) is 0 Å². The third-order valence-corrected chi connectivity index (χ3v) is 4.88. The largest absolute Gasteiger partial charge is 0.381 e. The van der Waals surface area contributed by atoms with E-state index in [0.717, 1.165) is 54.6 Å². The molecule has 0 saturated carbocycles. The van der Waals surface area contributed by atoms with Gasteiger partial charge in [0, 0.05) is 62.4 Å². The van der Waals surface area contributed by atoms with Crippen LogP contribution in [0.1, 0.15) is 18.5 Å². The molecule has 0 atom stereocenters. The lowest BCUT2D eigenvalue weighted by Gasteiger charge is -2.24. The highest BCUT2D eigenvalue weighted by molar-refractivity contribution is 5.67. The Bertz CT molecular complexity index is 963. The minimum Gasteiger partial charge on any atom is -0.381 e. The Morgan fingerprint density at radius 2 is 1.83 bits per heavy atom. The molecule has 0 amide bonds. The van der Waals surface area contributed by atoms with Crippen molar-refractivity contribution in [1.29, 1.82) is 0 Å². The minimum atomic E-state index is 0.347. The van der Waals surface area contributed by atoms with Crippen LogP contribution in [-0.2, 0) is 4.74 Å². The normalized spacial score (nSPS) is 14.6. The smallest absolute Gasteiger partial charge is 0.163 e. The first-order valence-corrected chi connectivity index (χ1v) is 9.87. The molecule has 8 nitrogen and oxygen atoms in total. The standard InChI is InChI=1S/C21H27N7O/c1-14-11-20(27-26-14)23-19-13-18(22-16-7-9-29-10-8-16)24-21(25-19)15-5-4-6-17(12-15)28(2)3/h4-6,11-13,16H,7-10H2,1-3H3,(H3,22,23,24,25,26,27). The zero-order valence-corrected chi connectivity index (χ0v) is 17.1. The van der Waals surface area contributed by atoms with Gasteiger partial charge in [0.1, 0.15) is 11.6 Å². The summed E-state index contributed by atoms with van der Waals surface area (Å²) < 4.78 is 5.47. The summed E-state index contributed by atoms with van der Waals surface area (Å²) in [7, 11) is 4.05. The van der Waals surface area contributed by atoms with Crippen molar-refractivity contribution in [2.45, 2.75) is 25.8 Å². The minimum absolute atomic E-state index is 0.347. The third-order valence-electron chi connectivity index (χ3n) is 4.88. The van der Waals surface area contributed by atoms with Gasteiger partial charge in [-0.3, -0.25) is 5.10 Å². The maximum Gasteiger partial charge on any atom is 0.163 e. The molecule has 0 spiro atoms. The summed E-state index contributed by atoms with van der Waals surface area (Å²) in [5.41, 5.74) is 3.06. The van der Waals surface area contributed by atoms with Gasteiger partial charge in [0.25, 0.3) is 0 Å². The van der Waals surface area contributed by atoms with Crippen LogP contribution in [0.5, 0.6) is 0 Å². The number of aromatic nitrogens is 4. The van der Waals surface area contributed by atoms with Gasteiger partial charge in [-0.1, -0.05) is 12.1 Å². The Morgan fingerprint density at radius 3 is 2.55 bits per heavy atom. The van der Waals surface area contributed by atoms with Gasteiger partial charge in [-0.2, -0.15) is 5.10 Å². The molecule has 2 aromatic heterocycles. The number of aromatic amines is 1. The molecule has 1 fully saturated rings. The van der Waals surface area contributed by atoms with Crippen LogP contribution in [0.4, 0.5) is 23.1 Å². The molecular weight excluding hydrogens is 366 g/mol. The van der Waals surface area contributed by atoms with Gasteiger partial charge in [-0.25, -0.2) is 9.97 Å². The molecule has 8 heteroatoms. The molecule has 0 aliphatic carbocycles. The van der Waals surface area contributed by atoms with Crippen LogP contribution < -0.4 is 15.5 Å². The number of rotatable bonds is 6. The van der Waals surface area contributed by atoms with Crippen molar-refractivity contribution in [3.8, 4) is 11.4 Å². The second-order valence-corrected chi connectivity index (χ2v) is 7.50. The van der Waals surface area contributed by atoms with E-state index in [1.165, 1.54) is 0 Å². The number of hydrogen-bond acceptors (Lipinski definition) is 7. The molecule has 0 bridgehead atoms. The monoisotopic (exact) mass is 393 g/mol. The van der Waals surface area contributed by atoms with E-state index < -0.39 is 0 Å². The quantitative estimate of drug-likeness (QED) is 0.590. The van der Waals surface area contributed by atoms with Crippen molar-refractivity contribution in [3.05, 3.63) is 42.1 Å². The maximum atomic E-state index is 5.47. The second kappa shape index (κ2) is 8.48. The Morgan fingerprint density at radius 1 is 1.03 bits per heavy atom. The lowest BCUT2D eigenvalue weighted by Crippen LogP contribution is -2.28. The van der Waals surface area contributed by atoms with E-state index in [1.807, 2.05) is 45.3 Å². The molecule has 0 unspecified atom stereocenters. The summed E-state index contributed by atoms with van der Waals surface area (Å²) in [4.78, 5) is 11.6. The fourth-order valence-electron chi connectivity index (χ4n) is 3.30. The fourth-order valence-corrected chi connectivity index (χ4v) is 3.30. The average Bonchev–Trinajstić information content (AvgIpc) is 3.13. The Kier molecular flexibility index (Phi) is 5.62. The van der Waals surface area contributed by atoms with Crippen LogP contribution in [0.3, 0.4) is 0 Å². The molecule has 152 valence electrons. The number of aryl methyl sites for hydroxylation is 1. The van der Waals surface area contributed by atoms with E-state index >= 15 is 0 Å². The van der Waals surface area contributed by atoms with Crippen molar-refractivity contribution >= 4 is 23.1 Å². The van der Waals surface area contributed by atoms with Gasteiger partial charge >= 0.3 is 0 Å². The molecule has 1 aliphatic heterocycles. The summed E-state index contributed by atoms with van der Waals surface area (Å²) in [6.45, 7) is 3.52. The summed E-state index contributed by atoms with van der Waals surface area (Å²) in [6, 6.07) is 12.4. The lowest BCUT2D eigenvalue weighted by molar-refractivity contribution is 0.0904. The molecule has 3 heterocycles. The van der Waals surface area contributed by atoms with E-state index in [9.17, 15) is 0 Å². The summed E-state index contributed by atoms with van der Waals surface area (Å²) in [5, 5.41) is 14.0. The molecule has 3 aromatic rings. The van der Waals surface area contributed by atoms with E-state index in [0.29, 0.717) is 17.7 Å². The van der Waals surface area contributed by atoms with Crippen molar-refractivity contribution in [1.82, 2.24) is 20.2 Å². The highest BCUT2D eigenvalue weighted by atomic mass is 16.5. The Hall–Kier alpha value is -3.13. The number of hydrogen-bond donors (Lipinski definition) is 3. The van der Waals surface area contributed by atoms with Crippen LogP contribution in [-0.4, -0.2) is 53.5 Å². The third kappa shape index (κ3) is 4.83. The maximum absolute atomic E-state index is 5.47. The van der Waals surface area contributed by atoms with Crippen molar-refractivity contribution in [3.63, 3.8) is 0 Å². The second-order valence-electron chi connectivity index (χ2n) is 7.50. The van der Waals surface area contributed by atoms with E-state index in [1.54, 1.807) is 0 Å². The number of anilines is 4. The number of ether oxygens (including phenoxy) is 1. The zero-order chi connectivity index (χ0) is 20.2. The topological polar surface area (TPSA) is 91.0 Å². The molecule has 29 heavy (non-hydrogen) atoms. The Labute approximate surface area is 170 Å². The predicted molar refractivity (Wildman–Crippen MR) is 116 cm³/mol. The number of nitrogens with zero attached hydrogens (tertiary/aromatic N) is 4. The van der Waals surface area contributed by atoms with Crippen LogP contribution >= 0.6 is 0 Å². The number of nitrogens with one attached hydrogen (secondary N) is 3. The summed E-state index contributed by atoms with van der Waals surface area (Å²) in [6.07, 6.45) is 1.94. The first kappa shape index (κ1) is 19.2. The zero-order valence-electron chi connectivity index (χ0n) is 17.1. The number of benzene rings is 1. The molecular formula is C21H27N7O. The summed E-state index contributed by atoms with van der Waals surface area (Å²) in [5.74, 6) is 2.89. The van der Waals surface area contributed by atoms with E-state index in [4.69, 9.17) is 14.7 Å². The van der Waals surface area contributed by atoms with Crippen LogP contribution in [0, 0.1) is 6.92 Å². The average molecular weight is 393 g/mol. The molecule has 3 N–H and O–H groups in total. The molecule has 1 aliphatic rings. The predicted octanol–water partition coefficient (Wildman–Crippen LogP) is 3.58. The molecule has 1 aromatic carbocycles. The van der Waals surface area contributed by atoms with Gasteiger partial charge in [-0.15, -0.1) is 0 Å². The summed E-state index contributed by atoms with van der Waals surface area (Å²) >= 11 is 0. The SMILES string of the molecule is Cc1cc(Nc2cc(NC3CCOCC3)nc(-c3cccc(N(C)C)c3)n2)n[nH]1. The Balaban J connectivity index is 1.67. The van der Waals surface area contributed by atoms with Gasteiger partial charge in [0.2, 0.25) is 0 Å².